The van der Waals surface area contributed by atoms with Crippen molar-refractivity contribution in [3.63, 3.8) is 0 Å². The van der Waals surface area contributed by atoms with Gasteiger partial charge in [0.2, 0.25) is 0 Å². The van der Waals surface area contributed by atoms with Gasteiger partial charge >= 0.3 is 0 Å². The summed E-state index contributed by atoms with van der Waals surface area (Å²) >= 11 is 6.16. The van der Waals surface area contributed by atoms with Crippen molar-refractivity contribution in [2.45, 2.75) is 19.9 Å². The highest BCUT2D eigenvalue weighted by Crippen LogP contribution is 2.28. The van der Waals surface area contributed by atoms with Crippen LogP contribution < -0.4 is 5.32 Å². The summed E-state index contributed by atoms with van der Waals surface area (Å²) in [6.45, 7) is 3.97. The Kier molecular flexibility index (Phi) is 3.55. The Morgan fingerprint density at radius 2 is 2.00 bits per heavy atom. The largest absolute Gasteiger partial charge is 0.469 e. The second-order valence-electron chi connectivity index (χ2n) is 4.16. The second kappa shape index (κ2) is 4.94. The molecule has 0 bridgehead atoms. The first kappa shape index (κ1) is 12.2. The molecule has 0 fully saturated rings. The fraction of sp³-hybridized carbons (Fsp3) is 0.286. The Bertz CT molecular complexity index is 519. The van der Waals surface area contributed by atoms with Gasteiger partial charge in [0.25, 0.3) is 0 Å². The minimum Gasteiger partial charge on any atom is -0.469 e. The first-order valence-corrected chi connectivity index (χ1v) is 5.98. The van der Waals surface area contributed by atoms with Gasteiger partial charge in [0.05, 0.1) is 12.3 Å². The molecule has 1 aromatic carbocycles. The van der Waals surface area contributed by atoms with Crippen molar-refractivity contribution in [2.24, 2.45) is 0 Å². The van der Waals surface area contributed by atoms with Gasteiger partial charge in [-0.05, 0) is 44.2 Å². The smallest absolute Gasteiger partial charge is 0.105 e. The van der Waals surface area contributed by atoms with Crippen LogP contribution in [-0.2, 0) is 0 Å². The molecule has 0 aliphatic carbocycles. The highest BCUT2D eigenvalue weighted by atomic mass is 35.5. The lowest BCUT2D eigenvalue weighted by Gasteiger charge is -2.17. The van der Waals surface area contributed by atoms with Crippen LogP contribution in [0.15, 0.2) is 34.9 Å². The van der Waals surface area contributed by atoms with Crippen LogP contribution in [0.1, 0.15) is 28.5 Å². The molecule has 1 N–H and O–H groups in total. The predicted molar refractivity (Wildman–Crippen MR) is 70.5 cm³/mol. The summed E-state index contributed by atoms with van der Waals surface area (Å²) in [5.41, 5.74) is 3.38. The maximum atomic E-state index is 6.16. The Morgan fingerprint density at radius 1 is 1.24 bits per heavy atom. The maximum absolute atomic E-state index is 6.16. The Labute approximate surface area is 107 Å². The molecule has 0 spiro atoms. The monoisotopic (exact) mass is 249 g/mol. The van der Waals surface area contributed by atoms with E-state index in [1.807, 2.05) is 39.1 Å². The molecule has 90 valence electrons. The van der Waals surface area contributed by atoms with E-state index < -0.39 is 0 Å². The number of furan rings is 1. The van der Waals surface area contributed by atoms with Gasteiger partial charge in [-0.2, -0.15) is 0 Å². The lowest BCUT2D eigenvalue weighted by molar-refractivity contribution is 0.523. The summed E-state index contributed by atoms with van der Waals surface area (Å²) in [5, 5.41) is 4.08. The van der Waals surface area contributed by atoms with Crippen molar-refractivity contribution in [1.29, 1.82) is 0 Å². The fourth-order valence-corrected chi connectivity index (χ4v) is 2.17. The molecule has 1 atom stereocenters. The molecular formula is C14H16ClNO. The average molecular weight is 250 g/mol. The molecule has 3 heteroatoms. The van der Waals surface area contributed by atoms with Crippen LogP contribution in [0.3, 0.4) is 0 Å². The molecule has 1 heterocycles. The molecular weight excluding hydrogens is 234 g/mol. The summed E-state index contributed by atoms with van der Waals surface area (Å²) < 4.78 is 5.35. The molecule has 2 rings (SSSR count). The quantitative estimate of drug-likeness (QED) is 0.894. The average Bonchev–Trinajstić information content (AvgIpc) is 2.71. The third-order valence-corrected chi connectivity index (χ3v) is 3.44. The lowest BCUT2D eigenvalue weighted by Crippen LogP contribution is -2.17. The number of benzene rings is 1. The van der Waals surface area contributed by atoms with E-state index >= 15 is 0 Å². The predicted octanol–water partition coefficient (Wildman–Crippen LogP) is 3.86. The van der Waals surface area contributed by atoms with E-state index in [0.29, 0.717) is 0 Å². The molecule has 2 nitrogen and oxygen atoms in total. The molecule has 1 aromatic heterocycles. The maximum Gasteiger partial charge on any atom is 0.105 e. The van der Waals surface area contributed by atoms with Crippen LogP contribution in [0.2, 0.25) is 5.02 Å². The number of aryl methyl sites for hydroxylation is 2. The van der Waals surface area contributed by atoms with E-state index in [1.165, 1.54) is 0 Å². The number of hydrogen-bond donors (Lipinski definition) is 1. The van der Waals surface area contributed by atoms with Crippen LogP contribution in [0.25, 0.3) is 0 Å². The van der Waals surface area contributed by atoms with Gasteiger partial charge in [0, 0.05) is 10.6 Å². The normalized spacial score (nSPS) is 12.7. The zero-order valence-corrected chi connectivity index (χ0v) is 11.0. The van der Waals surface area contributed by atoms with Gasteiger partial charge in [0.15, 0.2) is 0 Å². The van der Waals surface area contributed by atoms with Crippen LogP contribution in [0.4, 0.5) is 0 Å². The Hall–Kier alpha value is -1.25. The van der Waals surface area contributed by atoms with E-state index in [-0.39, 0.29) is 6.04 Å². The Balaban J connectivity index is 2.42. The minimum absolute atomic E-state index is 0.117. The molecule has 0 radical (unpaired) electrons. The van der Waals surface area contributed by atoms with Gasteiger partial charge in [-0.25, -0.2) is 0 Å². The summed E-state index contributed by atoms with van der Waals surface area (Å²) in [6, 6.07) is 8.24. The first-order chi connectivity index (χ1) is 8.13. The van der Waals surface area contributed by atoms with Crippen molar-refractivity contribution < 1.29 is 4.42 Å². The zero-order valence-electron chi connectivity index (χ0n) is 10.3. The van der Waals surface area contributed by atoms with Crippen LogP contribution in [0.5, 0.6) is 0 Å². The standard InChI is InChI=1S/C14H16ClNO/c1-9-4-5-11(8-13(9)15)14(16-3)12-6-7-17-10(12)2/h4-8,14,16H,1-3H3. The fourth-order valence-electron chi connectivity index (χ4n) is 1.98. The summed E-state index contributed by atoms with van der Waals surface area (Å²) in [5.74, 6) is 0.932. The topological polar surface area (TPSA) is 25.2 Å². The van der Waals surface area contributed by atoms with Gasteiger partial charge in [-0.3, -0.25) is 0 Å². The summed E-state index contributed by atoms with van der Waals surface area (Å²) in [4.78, 5) is 0. The number of rotatable bonds is 3. The third-order valence-electron chi connectivity index (χ3n) is 3.03. The van der Waals surface area contributed by atoms with Gasteiger partial charge < -0.3 is 9.73 Å². The molecule has 0 aliphatic heterocycles. The van der Waals surface area contributed by atoms with E-state index in [1.54, 1.807) is 6.26 Å². The third kappa shape index (κ3) is 2.38. The van der Waals surface area contributed by atoms with Crippen LogP contribution >= 0.6 is 11.6 Å². The molecule has 1 unspecified atom stereocenters. The Morgan fingerprint density at radius 3 is 2.53 bits per heavy atom. The summed E-state index contributed by atoms with van der Waals surface area (Å²) in [6.07, 6.45) is 1.71. The lowest BCUT2D eigenvalue weighted by atomic mass is 9.98. The van der Waals surface area contributed by atoms with E-state index in [0.717, 1.165) is 27.5 Å². The van der Waals surface area contributed by atoms with Crippen molar-refractivity contribution in [3.05, 3.63) is 58.0 Å². The van der Waals surface area contributed by atoms with Crippen molar-refractivity contribution in [1.82, 2.24) is 5.32 Å². The molecule has 0 saturated carbocycles. The highest BCUT2D eigenvalue weighted by molar-refractivity contribution is 6.31. The van der Waals surface area contributed by atoms with Crippen molar-refractivity contribution in [3.8, 4) is 0 Å². The SMILES string of the molecule is CNC(c1ccc(C)c(Cl)c1)c1ccoc1C. The number of hydrogen-bond acceptors (Lipinski definition) is 2. The highest BCUT2D eigenvalue weighted by Gasteiger charge is 2.16. The molecule has 0 aliphatic rings. The van der Waals surface area contributed by atoms with Crippen molar-refractivity contribution >= 4 is 11.6 Å². The number of nitrogens with one attached hydrogen (secondary N) is 1. The van der Waals surface area contributed by atoms with Gasteiger partial charge in [-0.1, -0.05) is 23.7 Å². The molecule has 0 saturated heterocycles. The van der Waals surface area contributed by atoms with E-state index in [9.17, 15) is 0 Å². The zero-order chi connectivity index (χ0) is 12.4. The number of halogens is 1. The second-order valence-corrected chi connectivity index (χ2v) is 4.57. The van der Waals surface area contributed by atoms with Gasteiger partial charge in [-0.15, -0.1) is 0 Å². The molecule has 2 aromatic rings. The van der Waals surface area contributed by atoms with Crippen LogP contribution in [0, 0.1) is 13.8 Å². The molecule has 0 amide bonds. The van der Waals surface area contributed by atoms with Gasteiger partial charge in [0.1, 0.15) is 5.76 Å². The summed E-state index contributed by atoms with van der Waals surface area (Å²) in [7, 11) is 1.94. The van der Waals surface area contributed by atoms with E-state index in [2.05, 4.69) is 11.4 Å². The van der Waals surface area contributed by atoms with Crippen LogP contribution in [-0.4, -0.2) is 7.05 Å². The minimum atomic E-state index is 0.117. The van der Waals surface area contributed by atoms with E-state index in [4.69, 9.17) is 16.0 Å². The van der Waals surface area contributed by atoms with Crippen molar-refractivity contribution in [2.75, 3.05) is 7.05 Å². The molecule has 17 heavy (non-hydrogen) atoms. The first-order valence-electron chi connectivity index (χ1n) is 5.60.